The summed E-state index contributed by atoms with van der Waals surface area (Å²) in [4.78, 5) is 243. The van der Waals surface area contributed by atoms with Gasteiger partial charge in [0.15, 0.2) is 0 Å². The highest BCUT2D eigenvalue weighted by atomic mass is 31.2. The molecule has 0 aromatic rings. The lowest BCUT2D eigenvalue weighted by Gasteiger charge is -2.54. The second kappa shape index (κ2) is 70.8. The van der Waals surface area contributed by atoms with Crippen LogP contribution in [0.25, 0.3) is 0 Å². The molecule has 0 aromatic carbocycles. The molecule has 0 saturated heterocycles. The second-order valence-corrected chi connectivity index (χ2v) is 33.1. The van der Waals surface area contributed by atoms with E-state index >= 15 is 0 Å². The SMILES string of the molecule is COCCOCCOC1C(OP(=O)([O-])[O-])[C@H](OP(=O)([O-])[O-])[C@H](O[O-])C(OCCOCCOC)[C@@H]1OP(=O)([O-])[O-].COCCOCCOC1C(OP(=O)([O-])[O-])[C@H](OP(=O)([O-])[O-])[C@H](O[O-])C(OCCOCCOC)[C@@H]1OP(=O)([O-])[O-].COCCOCCOC1C(OP(=O)([O-])[O-])[C@H](OP(=O)([O-])[O-])[C@H](O[O-])C(OCCOCCOC)[C@@H]1OP(=O)([O-])[O-].O=P[O-].O=P[O-].O=P[O-]. The zero-order chi connectivity index (χ0) is 97.2. The van der Waals surface area contributed by atoms with Gasteiger partial charge in [0.05, 0.1) is 255 Å². The summed E-state index contributed by atoms with van der Waals surface area (Å²) < 4.78 is 259. The third-order valence-corrected chi connectivity index (χ3v) is 18.8. The minimum atomic E-state index is -6.11. The quantitative estimate of drug-likeness (QED) is 0.0236. The highest BCUT2D eigenvalue weighted by Gasteiger charge is 2.58. The van der Waals surface area contributed by atoms with Gasteiger partial charge in [0.1, 0.15) is 110 Å². The van der Waals surface area contributed by atoms with Gasteiger partial charge in [-0.3, -0.25) is 13.7 Å². The fourth-order valence-corrected chi connectivity index (χ4v) is 15.0. The first-order valence-electron chi connectivity index (χ1n) is 33.8. The number of phosphoric acid groups is 9. The molecule has 3 aliphatic rings. The van der Waals surface area contributed by atoms with Crippen molar-refractivity contribution >= 4 is 96.5 Å². The molecule has 756 valence electrons. The fraction of sp³-hybridized carbons (Fsp3) is 1.00. The van der Waals surface area contributed by atoms with Crippen molar-refractivity contribution < 1.29 is 314 Å². The number of phosphoric ester groups is 9. The van der Waals surface area contributed by atoms with Crippen LogP contribution in [0.5, 0.6) is 0 Å². The second-order valence-electron chi connectivity index (χ2n) is 22.7. The van der Waals surface area contributed by atoms with Gasteiger partial charge in [-0.2, -0.15) is 0 Å². The van der Waals surface area contributed by atoms with Gasteiger partial charge in [0, 0.05) is 42.7 Å². The lowest BCUT2D eigenvalue weighted by atomic mass is 9.84. The smallest absolute Gasteiger partial charge is 0.121 e. The summed E-state index contributed by atoms with van der Waals surface area (Å²) in [5.41, 5.74) is 0. The van der Waals surface area contributed by atoms with Crippen LogP contribution in [0.15, 0.2) is 0 Å². The van der Waals surface area contributed by atoms with Crippen molar-refractivity contribution in [2.24, 2.45) is 0 Å². The minimum Gasteiger partial charge on any atom is -0.790 e. The Balaban J connectivity index is -0.00000171. The maximum absolute atomic E-state index is 11.6. The number of rotatable bonds is 63. The topological polar surface area (TPSA) is 1040 Å². The van der Waals surface area contributed by atoms with Crippen LogP contribution in [0, 0.1) is 0 Å². The molecule has 18 atom stereocenters. The van der Waals surface area contributed by atoms with Gasteiger partial charge in [-0.05, 0) is 0 Å². The molecule has 3 fully saturated rings. The van der Waals surface area contributed by atoms with Crippen LogP contribution in [-0.2, 0) is 195 Å². The zero-order valence-electron chi connectivity index (χ0n) is 65.7. The summed E-state index contributed by atoms with van der Waals surface area (Å²) in [6.45, 7) is -3.44. The van der Waals surface area contributed by atoms with Crippen molar-refractivity contribution in [3.63, 3.8) is 0 Å². The summed E-state index contributed by atoms with van der Waals surface area (Å²) in [5.74, 6) is 0. The van der Waals surface area contributed by atoms with E-state index in [1.807, 2.05) is 0 Å². The van der Waals surface area contributed by atoms with E-state index in [1.54, 1.807) is 0 Å². The maximum atomic E-state index is 11.6. The van der Waals surface area contributed by atoms with E-state index in [9.17, 15) is 145 Å². The molecule has 3 rings (SSSR count). The van der Waals surface area contributed by atoms with Crippen molar-refractivity contribution in [2.75, 3.05) is 201 Å². The van der Waals surface area contributed by atoms with Crippen LogP contribution in [0.3, 0.4) is 0 Å². The molecular weight excluding hydrogens is 2000 g/mol. The summed E-state index contributed by atoms with van der Waals surface area (Å²) in [6.07, 6.45) is -42.3. The van der Waals surface area contributed by atoms with Crippen LogP contribution in [0.4, 0.5) is 0 Å². The minimum absolute atomic E-state index is 0.0409. The fourth-order valence-electron chi connectivity index (χ4n) is 10.2. The van der Waals surface area contributed by atoms with E-state index < -0.39 is 246 Å². The molecule has 3 saturated carbocycles. The van der Waals surface area contributed by atoms with Crippen molar-refractivity contribution in [1.29, 1.82) is 0 Å². The Kier molecular flexibility index (Phi) is 73.2. The monoisotopic (exact) mass is 2090 g/mol. The molecule has 0 N–H and O–H groups in total. The Labute approximate surface area is 719 Å². The Hall–Kier alpha value is 0.210. The normalized spacial score (nSPS) is 25.3. The largest absolute Gasteiger partial charge is 0.790 e. The van der Waals surface area contributed by atoms with Crippen LogP contribution in [0.2, 0.25) is 0 Å². The van der Waals surface area contributed by atoms with E-state index in [0.717, 1.165) is 0 Å². The molecule has 0 bridgehead atoms. The van der Waals surface area contributed by atoms with Crippen LogP contribution in [0.1, 0.15) is 0 Å². The molecule has 126 heavy (non-hydrogen) atoms. The Morgan fingerprint density at radius 3 is 0.381 bits per heavy atom. The Bertz CT molecular complexity index is 2910. The molecule has 3 aliphatic carbocycles. The number of hydrogen-bond donors (Lipinski definition) is 0. The molecular formula is C48H84O66P12-24. The molecule has 0 amide bonds. The maximum Gasteiger partial charge on any atom is 0.121 e. The average Bonchev–Trinajstić information content (AvgIpc) is 0.767. The summed E-state index contributed by atoms with van der Waals surface area (Å²) in [5, 5.41) is 34.9. The van der Waals surface area contributed by atoms with Crippen molar-refractivity contribution in [3.05, 3.63) is 0 Å². The Morgan fingerprint density at radius 1 is 0.183 bits per heavy atom. The first-order chi connectivity index (χ1) is 58.6. The van der Waals surface area contributed by atoms with Gasteiger partial charge in [-0.25, -0.2) is 0 Å². The number of ether oxygens (including phenoxy) is 18. The van der Waals surface area contributed by atoms with E-state index in [-0.39, 0.29) is 119 Å². The third kappa shape index (κ3) is 64.3. The first kappa shape index (κ1) is 130. The van der Waals surface area contributed by atoms with E-state index in [0.29, 0.717) is 0 Å². The molecule has 0 spiro atoms. The molecule has 78 heteroatoms. The first-order valence-corrected chi connectivity index (χ1v) is 49.1. The molecule has 0 radical (unpaired) electrons. The lowest BCUT2D eigenvalue weighted by molar-refractivity contribution is -0.710. The molecule has 0 heterocycles. The van der Waals surface area contributed by atoms with Gasteiger partial charge >= 0.3 is 0 Å². The van der Waals surface area contributed by atoms with Crippen LogP contribution >= 0.6 is 96.5 Å². The molecule has 0 aliphatic heterocycles. The van der Waals surface area contributed by atoms with Gasteiger partial charge in [0.2, 0.25) is 0 Å². The van der Waals surface area contributed by atoms with Gasteiger partial charge < -0.3 is 300 Å². The van der Waals surface area contributed by atoms with Crippen molar-refractivity contribution in [1.82, 2.24) is 0 Å². The predicted molar refractivity (Wildman–Crippen MR) is 344 cm³/mol. The molecule has 9 unspecified atom stereocenters. The third-order valence-electron chi connectivity index (χ3n) is 14.2. The highest BCUT2D eigenvalue weighted by molar-refractivity contribution is 7.45. The molecule has 66 nitrogen and oxygen atoms in total. The number of hydrogen-bond acceptors (Lipinski definition) is 66. The molecule has 0 aromatic heterocycles. The number of methoxy groups -OCH3 is 6. The van der Waals surface area contributed by atoms with Crippen LogP contribution in [-0.4, -0.2) is 311 Å². The van der Waals surface area contributed by atoms with Gasteiger partial charge in [0.25, 0.3) is 0 Å². The van der Waals surface area contributed by atoms with Crippen molar-refractivity contribution in [3.8, 4) is 0 Å². The van der Waals surface area contributed by atoms with Gasteiger partial charge in [-0.1, -0.05) is 0 Å². The van der Waals surface area contributed by atoms with Crippen LogP contribution < -0.4 is 119 Å². The van der Waals surface area contributed by atoms with E-state index in [2.05, 4.69) is 55.4 Å². The highest BCUT2D eigenvalue weighted by Crippen LogP contribution is 2.50. The zero-order valence-corrected chi connectivity index (χ0v) is 76.4. The van der Waals surface area contributed by atoms with E-state index in [1.165, 1.54) is 42.7 Å². The predicted octanol–water partition coefficient (Wildman–Crippen LogP) is -21.1. The summed E-state index contributed by atoms with van der Waals surface area (Å²) in [6, 6.07) is 0. The average molecular weight is 2090 g/mol. The standard InChI is InChI=1S/3C16H35O20P3.3HO2P/c3*1-27-3-5-29-7-9-31-11-13(33-17)16(36-39(24,25)26)15(35-38(21,22)23)12(14(11)34-37(18,19)20)32-10-8-30-6-4-28-2;3*1-3-2/h3*11-17H,3-10H2,1-2H3,(H2,18,19,20)(H2,21,22,23)(H2,24,25,26);3*(H,1,2)/p-24/t3*11?,12?,13-,14+,15?,16-;;;/m111.../s1. The lowest BCUT2D eigenvalue weighted by Crippen LogP contribution is -2.68. The van der Waals surface area contributed by atoms with E-state index in [4.69, 9.17) is 114 Å². The van der Waals surface area contributed by atoms with Gasteiger partial charge in [-0.15, -0.1) is 0 Å². The van der Waals surface area contributed by atoms with Crippen molar-refractivity contribution in [2.45, 2.75) is 110 Å². The summed E-state index contributed by atoms with van der Waals surface area (Å²) >= 11 is 0. The Morgan fingerprint density at radius 2 is 0.278 bits per heavy atom. The summed E-state index contributed by atoms with van der Waals surface area (Å²) in [7, 11) is -49.6.